The van der Waals surface area contributed by atoms with Gasteiger partial charge in [0.2, 0.25) is 0 Å². The third-order valence-corrected chi connectivity index (χ3v) is 5.31. The predicted molar refractivity (Wildman–Crippen MR) is 115 cm³/mol. The van der Waals surface area contributed by atoms with Crippen molar-refractivity contribution in [3.05, 3.63) is 89.0 Å². The van der Waals surface area contributed by atoms with Crippen LogP contribution in [0.4, 0.5) is 0 Å². The number of nitrogens with one attached hydrogen (secondary N) is 1. The Bertz CT molecular complexity index is 1100. The Labute approximate surface area is 167 Å². The standard InChI is InChI=1S/C22H20N4OS/c1-3-13-28-22-24-21(27)19-17-11-7-8-12-18(17)23-20(26(19)25-22)15(2)14-16-9-5-4-6-10-16/h3-12,14,20H,1,13H2,2H3,(H,24,25,27)/b15-14+. The first-order valence-electron chi connectivity index (χ1n) is 9.00. The molecule has 0 radical (unpaired) electrons. The summed E-state index contributed by atoms with van der Waals surface area (Å²) in [6.07, 6.45) is 3.49. The first kappa shape index (κ1) is 18.3. The van der Waals surface area contributed by atoms with Crippen LogP contribution in [-0.4, -0.2) is 28.0 Å². The molecule has 140 valence electrons. The smallest absolute Gasteiger partial charge is 0.276 e. The molecule has 4 rings (SSSR count). The number of thioether (sulfide) groups is 1. The van der Waals surface area contributed by atoms with Crippen molar-refractivity contribution in [3.63, 3.8) is 0 Å². The van der Waals surface area contributed by atoms with E-state index in [1.165, 1.54) is 11.8 Å². The zero-order chi connectivity index (χ0) is 19.5. The van der Waals surface area contributed by atoms with E-state index < -0.39 is 0 Å². The molecular weight excluding hydrogens is 368 g/mol. The van der Waals surface area contributed by atoms with E-state index in [-0.39, 0.29) is 12.1 Å². The minimum absolute atomic E-state index is 0.165. The second-order valence-electron chi connectivity index (χ2n) is 6.47. The molecular formula is C22H20N4OS. The van der Waals surface area contributed by atoms with Gasteiger partial charge in [0.1, 0.15) is 5.70 Å². The molecule has 1 unspecified atom stereocenters. The molecule has 0 aromatic heterocycles. The molecule has 1 N–H and O–H groups in total. The third-order valence-electron chi connectivity index (χ3n) is 4.45. The summed E-state index contributed by atoms with van der Waals surface area (Å²) in [6.45, 7) is 5.75. The molecule has 5 nitrogen and oxygen atoms in total. The van der Waals surface area contributed by atoms with Gasteiger partial charge in [-0.25, -0.2) is 5.01 Å². The fraction of sp³-hybridized carbons (Fsp3) is 0.136. The van der Waals surface area contributed by atoms with E-state index in [4.69, 9.17) is 10.1 Å². The van der Waals surface area contributed by atoms with Gasteiger partial charge in [-0.05, 0) is 24.1 Å². The van der Waals surface area contributed by atoms with Crippen LogP contribution in [0.25, 0.3) is 11.8 Å². The molecule has 1 atom stereocenters. The number of para-hydroxylation sites is 1. The van der Waals surface area contributed by atoms with Gasteiger partial charge in [0.25, 0.3) is 5.91 Å². The van der Waals surface area contributed by atoms with Crippen molar-refractivity contribution in [1.82, 2.24) is 10.3 Å². The zero-order valence-electron chi connectivity index (χ0n) is 15.5. The van der Waals surface area contributed by atoms with Crippen LogP contribution in [0.5, 0.6) is 0 Å². The lowest BCUT2D eigenvalue weighted by Crippen LogP contribution is -2.52. The summed E-state index contributed by atoms with van der Waals surface area (Å²) in [7, 11) is 0. The second-order valence-corrected chi connectivity index (χ2v) is 7.48. The molecule has 0 saturated heterocycles. The topological polar surface area (TPSA) is 57.1 Å². The van der Waals surface area contributed by atoms with Gasteiger partial charge < -0.3 is 0 Å². The molecule has 2 aromatic rings. The van der Waals surface area contributed by atoms with Crippen LogP contribution in [-0.2, 0) is 4.79 Å². The highest BCUT2D eigenvalue weighted by molar-refractivity contribution is 8.14. The molecule has 1 amide bonds. The van der Waals surface area contributed by atoms with Gasteiger partial charge in [-0.1, -0.05) is 72.4 Å². The van der Waals surface area contributed by atoms with Gasteiger partial charge in [0.15, 0.2) is 11.3 Å². The SMILES string of the molecule is C=CCSC1=NN2C(=c3ccccc3=NC2/C(C)=C/c2ccccc2)C(=O)N1. The van der Waals surface area contributed by atoms with E-state index in [0.29, 0.717) is 16.6 Å². The van der Waals surface area contributed by atoms with Crippen LogP contribution >= 0.6 is 11.8 Å². The van der Waals surface area contributed by atoms with Crippen LogP contribution in [0.15, 0.2) is 82.9 Å². The first-order valence-corrected chi connectivity index (χ1v) is 9.99. The highest BCUT2D eigenvalue weighted by atomic mass is 32.2. The molecule has 0 spiro atoms. The van der Waals surface area contributed by atoms with E-state index >= 15 is 0 Å². The Morgan fingerprint density at radius 3 is 2.75 bits per heavy atom. The van der Waals surface area contributed by atoms with E-state index in [1.807, 2.05) is 61.5 Å². The molecule has 0 fully saturated rings. The van der Waals surface area contributed by atoms with Crippen LogP contribution in [0.3, 0.4) is 0 Å². The van der Waals surface area contributed by atoms with Crippen molar-refractivity contribution in [3.8, 4) is 0 Å². The maximum Gasteiger partial charge on any atom is 0.276 e. The highest BCUT2D eigenvalue weighted by Gasteiger charge is 2.34. The number of carbonyl (C=O) groups excluding carboxylic acids is 1. The second kappa shape index (κ2) is 7.86. The fourth-order valence-corrected chi connectivity index (χ4v) is 3.80. The minimum Gasteiger partial charge on any atom is -0.298 e. The molecule has 2 aliphatic heterocycles. The van der Waals surface area contributed by atoms with E-state index in [0.717, 1.165) is 21.7 Å². The van der Waals surface area contributed by atoms with Gasteiger partial charge in [-0.2, -0.15) is 0 Å². The largest absolute Gasteiger partial charge is 0.298 e. The normalized spacial score (nSPS) is 18.5. The van der Waals surface area contributed by atoms with Gasteiger partial charge in [-0.15, -0.1) is 11.7 Å². The number of amides is 1. The monoisotopic (exact) mass is 388 g/mol. The van der Waals surface area contributed by atoms with Crippen LogP contribution in [0.1, 0.15) is 12.5 Å². The van der Waals surface area contributed by atoms with E-state index in [1.54, 1.807) is 11.1 Å². The number of hydrogen-bond acceptors (Lipinski definition) is 5. The average molecular weight is 388 g/mol. The maximum absolute atomic E-state index is 12.9. The Morgan fingerprint density at radius 2 is 1.96 bits per heavy atom. The van der Waals surface area contributed by atoms with Gasteiger partial charge in [-0.3, -0.25) is 15.1 Å². The highest BCUT2D eigenvalue weighted by Crippen LogP contribution is 2.25. The zero-order valence-corrected chi connectivity index (χ0v) is 16.3. The summed E-state index contributed by atoms with van der Waals surface area (Å²) in [5.74, 6) is 0.501. The van der Waals surface area contributed by atoms with Gasteiger partial charge in [0.05, 0.1) is 5.36 Å². The number of rotatable bonds is 4. The molecule has 0 bridgehead atoms. The maximum atomic E-state index is 12.9. The summed E-state index contributed by atoms with van der Waals surface area (Å²) < 4.78 is 0. The summed E-state index contributed by atoms with van der Waals surface area (Å²) in [5, 5.41) is 11.5. The number of hydrogen-bond donors (Lipinski definition) is 1. The molecule has 2 aliphatic rings. The van der Waals surface area contributed by atoms with Crippen LogP contribution < -0.4 is 15.9 Å². The Hall–Kier alpha value is -3.12. The number of fused-ring (bicyclic) bond motifs is 2. The van der Waals surface area contributed by atoms with E-state index in [9.17, 15) is 4.79 Å². The van der Waals surface area contributed by atoms with Crippen LogP contribution in [0, 0.1) is 0 Å². The molecule has 0 aliphatic carbocycles. The Morgan fingerprint density at radius 1 is 1.21 bits per heavy atom. The van der Waals surface area contributed by atoms with Crippen molar-refractivity contribution in [2.75, 3.05) is 5.75 Å². The predicted octanol–water partition coefficient (Wildman–Crippen LogP) is 2.48. The Kier molecular flexibility index (Phi) is 5.12. The van der Waals surface area contributed by atoms with Crippen LogP contribution in [0.2, 0.25) is 0 Å². The van der Waals surface area contributed by atoms with Gasteiger partial charge in [0, 0.05) is 11.0 Å². The van der Waals surface area contributed by atoms with Gasteiger partial charge >= 0.3 is 0 Å². The average Bonchev–Trinajstić information content (AvgIpc) is 2.72. The summed E-state index contributed by atoms with van der Waals surface area (Å²) in [5.41, 5.74) is 2.62. The molecule has 6 heteroatoms. The van der Waals surface area contributed by atoms with Crippen molar-refractivity contribution >= 4 is 34.6 Å². The van der Waals surface area contributed by atoms with Crippen molar-refractivity contribution in [2.45, 2.75) is 13.1 Å². The lowest BCUT2D eigenvalue weighted by Gasteiger charge is -2.34. The number of hydrazone groups is 1. The molecule has 0 saturated carbocycles. The quantitative estimate of drug-likeness (QED) is 0.819. The van der Waals surface area contributed by atoms with Crippen molar-refractivity contribution in [2.24, 2.45) is 10.1 Å². The minimum atomic E-state index is -0.379. The lowest BCUT2D eigenvalue weighted by molar-refractivity contribution is -0.116. The number of amidine groups is 1. The molecule has 2 aromatic carbocycles. The van der Waals surface area contributed by atoms with E-state index in [2.05, 4.69) is 18.0 Å². The van der Waals surface area contributed by atoms with Crippen molar-refractivity contribution < 1.29 is 4.79 Å². The molecule has 28 heavy (non-hydrogen) atoms. The van der Waals surface area contributed by atoms with Crippen molar-refractivity contribution in [1.29, 1.82) is 0 Å². The lowest BCUT2D eigenvalue weighted by atomic mass is 10.1. The summed E-state index contributed by atoms with van der Waals surface area (Å²) >= 11 is 1.44. The number of carbonyl (C=O) groups is 1. The number of nitrogens with zero attached hydrogens (tertiary/aromatic N) is 3. The Balaban J connectivity index is 1.85. The summed E-state index contributed by atoms with van der Waals surface area (Å²) in [4.78, 5) is 17.8. The third kappa shape index (κ3) is 3.51. The summed E-state index contributed by atoms with van der Waals surface area (Å²) in [6, 6.07) is 17.8. The number of benzene rings is 2. The fourth-order valence-electron chi connectivity index (χ4n) is 3.21. The molecule has 2 heterocycles. The first-order chi connectivity index (χ1) is 13.7.